The number of allylic oxidation sites excluding steroid dienone is 2. The van der Waals surface area contributed by atoms with Crippen molar-refractivity contribution in [2.45, 2.75) is 46.5 Å². The Labute approximate surface area is 112 Å². The number of nitrogens with zero attached hydrogens (tertiary/aromatic N) is 1. The molecule has 0 aromatic heterocycles. The monoisotopic (exact) mass is 243 g/mol. The molecular formula is C17H25N. The molecule has 1 heterocycles. The number of hydrogen-bond acceptors (Lipinski definition) is 1. The van der Waals surface area contributed by atoms with Gasteiger partial charge in [-0.15, -0.1) is 0 Å². The van der Waals surface area contributed by atoms with Gasteiger partial charge in [0.25, 0.3) is 0 Å². The summed E-state index contributed by atoms with van der Waals surface area (Å²) in [5, 5.41) is 0. The van der Waals surface area contributed by atoms with E-state index in [1.54, 1.807) is 0 Å². The fourth-order valence-corrected chi connectivity index (χ4v) is 3.05. The molecule has 18 heavy (non-hydrogen) atoms. The first-order chi connectivity index (χ1) is 8.47. The van der Waals surface area contributed by atoms with Crippen molar-refractivity contribution in [3.63, 3.8) is 0 Å². The third-order valence-electron chi connectivity index (χ3n) is 4.09. The second kappa shape index (κ2) is 4.79. The van der Waals surface area contributed by atoms with Crippen LogP contribution in [0.2, 0.25) is 0 Å². The van der Waals surface area contributed by atoms with Crippen LogP contribution in [-0.4, -0.2) is 7.05 Å². The molecule has 98 valence electrons. The highest BCUT2D eigenvalue weighted by molar-refractivity contribution is 5.68. The third-order valence-corrected chi connectivity index (χ3v) is 4.09. The molecule has 0 radical (unpaired) electrons. The lowest BCUT2D eigenvalue weighted by atomic mass is 9.87. The van der Waals surface area contributed by atoms with Crippen LogP contribution in [0.4, 0.5) is 5.69 Å². The zero-order valence-electron chi connectivity index (χ0n) is 12.5. The fraction of sp³-hybridized carbons (Fsp3) is 0.529. The van der Waals surface area contributed by atoms with E-state index in [2.05, 4.69) is 70.8 Å². The van der Waals surface area contributed by atoms with Gasteiger partial charge in [-0.2, -0.15) is 0 Å². The summed E-state index contributed by atoms with van der Waals surface area (Å²) in [6.07, 6.45) is 2.26. The molecule has 1 heteroatoms. The fourth-order valence-electron chi connectivity index (χ4n) is 3.05. The normalized spacial score (nSPS) is 21.2. The average Bonchev–Trinajstić information content (AvgIpc) is 2.61. The summed E-state index contributed by atoms with van der Waals surface area (Å²) < 4.78 is 0. The predicted molar refractivity (Wildman–Crippen MR) is 80.3 cm³/mol. The molecule has 1 aromatic carbocycles. The van der Waals surface area contributed by atoms with Crippen LogP contribution in [0.3, 0.4) is 0 Å². The summed E-state index contributed by atoms with van der Waals surface area (Å²) in [6, 6.07) is 7.00. The van der Waals surface area contributed by atoms with Crippen molar-refractivity contribution < 1.29 is 0 Å². The van der Waals surface area contributed by atoms with Gasteiger partial charge in [-0.3, -0.25) is 0 Å². The van der Waals surface area contributed by atoms with Crippen LogP contribution in [0.15, 0.2) is 30.0 Å². The minimum absolute atomic E-state index is 0.552. The van der Waals surface area contributed by atoms with Crippen LogP contribution >= 0.6 is 0 Å². The summed E-state index contributed by atoms with van der Waals surface area (Å²) >= 11 is 0. The molecule has 2 rings (SSSR count). The van der Waals surface area contributed by atoms with Crippen molar-refractivity contribution in [1.82, 2.24) is 0 Å². The first-order valence-electron chi connectivity index (χ1n) is 7.01. The Morgan fingerprint density at radius 2 is 1.83 bits per heavy atom. The molecule has 1 atom stereocenters. The van der Waals surface area contributed by atoms with Gasteiger partial charge < -0.3 is 4.90 Å². The predicted octanol–water partition coefficient (Wildman–Crippen LogP) is 4.90. The Hall–Kier alpha value is -1.24. The van der Waals surface area contributed by atoms with Gasteiger partial charge in [0.05, 0.1) is 0 Å². The molecule has 0 aliphatic carbocycles. The summed E-state index contributed by atoms with van der Waals surface area (Å²) in [4.78, 5) is 2.37. The molecule has 1 aliphatic rings. The first kappa shape index (κ1) is 13.2. The smallest absolute Gasteiger partial charge is 0.0448 e. The van der Waals surface area contributed by atoms with E-state index in [1.807, 2.05) is 0 Å². The first-order valence-corrected chi connectivity index (χ1v) is 7.01. The van der Waals surface area contributed by atoms with Crippen molar-refractivity contribution in [1.29, 1.82) is 0 Å². The summed E-state index contributed by atoms with van der Waals surface area (Å²) in [5.41, 5.74) is 5.76. The third kappa shape index (κ3) is 1.96. The average molecular weight is 243 g/mol. The van der Waals surface area contributed by atoms with Crippen LogP contribution in [0.25, 0.3) is 0 Å². The maximum Gasteiger partial charge on any atom is 0.0448 e. The standard InChI is InChI=1S/C17H25N/c1-7-15-17(12(4)5)14-9-8-13(11(2)3)10-16(14)18(15)6/h7-12,17H,1-6H3/b15-7+. The molecule has 1 aliphatic heterocycles. The van der Waals surface area contributed by atoms with Crippen molar-refractivity contribution in [2.24, 2.45) is 5.92 Å². The number of fused-ring (bicyclic) bond motifs is 1. The minimum atomic E-state index is 0.552. The van der Waals surface area contributed by atoms with E-state index < -0.39 is 0 Å². The molecule has 0 N–H and O–H groups in total. The number of rotatable bonds is 2. The van der Waals surface area contributed by atoms with E-state index in [9.17, 15) is 0 Å². The van der Waals surface area contributed by atoms with E-state index in [-0.39, 0.29) is 0 Å². The van der Waals surface area contributed by atoms with Gasteiger partial charge in [-0.25, -0.2) is 0 Å². The van der Waals surface area contributed by atoms with Gasteiger partial charge in [-0.05, 0) is 36.0 Å². The maximum absolute atomic E-state index is 2.37. The van der Waals surface area contributed by atoms with E-state index in [0.717, 1.165) is 0 Å². The molecule has 0 spiro atoms. The zero-order chi connectivity index (χ0) is 13.4. The Bertz CT molecular complexity index is 468. The van der Waals surface area contributed by atoms with Gasteiger partial charge in [0.2, 0.25) is 0 Å². The lowest BCUT2D eigenvalue weighted by molar-refractivity contribution is 0.563. The largest absolute Gasteiger partial charge is 0.348 e. The number of benzene rings is 1. The zero-order valence-corrected chi connectivity index (χ0v) is 12.5. The Kier molecular flexibility index (Phi) is 3.52. The number of hydrogen-bond donors (Lipinski definition) is 0. The van der Waals surface area contributed by atoms with Crippen LogP contribution < -0.4 is 4.90 Å². The van der Waals surface area contributed by atoms with Crippen molar-refractivity contribution in [2.75, 3.05) is 11.9 Å². The van der Waals surface area contributed by atoms with Gasteiger partial charge >= 0.3 is 0 Å². The summed E-state index contributed by atoms with van der Waals surface area (Å²) in [5.74, 6) is 1.79. The lowest BCUT2D eigenvalue weighted by Gasteiger charge is -2.20. The highest BCUT2D eigenvalue weighted by Crippen LogP contribution is 2.47. The SMILES string of the molecule is C/C=C1\C(C(C)C)c2ccc(C(C)C)cc2N1C. The molecular weight excluding hydrogens is 218 g/mol. The molecule has 0 fully saturated rings. The van der Waals surface area contributed by atoms with Gasteiger partial charge in [0.1, 0.15) is 0 Å². The lowest BCUT2D eigenvalue weighted by Crippen LogP contribution is -2.15. The molecule has 0 saturated carbocycles. The van der Waals surface area contributed by atoms with E-state index in [1.165, 1.54) is 22.5 Å². The van der Waals surface area contributed by atoms with Crippen LogP contribution in [-0.2, 0) is 0 Å². The van der Waals surface area contributed by atoms with Crippen molar-refractivity contribution in [3.8, 4) is 0 Å². The van der Waals surface area contributed by atoms with E-state index >= 15 is 0 Å². The van der Waals surface area contributed by atoms with E-state index in [4.69, 9.17) is 0 Å². The quantitative estimate of drug-likeness (QED) is 0.714. The highest BCUT2D eigenvalue weighted by atomic mass is 15.1. The van der Waals surface area contributed by atoms with Gasteiger partial charge in [0.15, 0.2) is 0 Å². The molecule has 0 saturated heterocycles. The molecule has 1 nitrogen and oxygen atoms in total. The summed E-state index contributed by atoms with van der Waals surface area (Å²) in [6.45, 7) is 11.3. The van der Waals surface area contributed by atoms with Gasteiger partial charge in [-0.1, -0.05) is 45.9 Å². The molecule has 0 amide bonds. The van der Waals surface area contributed by atoms with Crippen LogP contribution in [0.1, 0.15) is 57.6 Å². The van der Waals surface area contributed by atoms with Gasteiger partial charge in [0, 0.05) is 24.4 Å². The Balaban J connectivity index is 2.54. The Morgan fingerprint density at radius 3 is 2.33 bits per heavy atom. The van der Waals surface area contributed by atoms with Crippen molar-refractivity contribution in [3.05, 3.63) is 41.1 Å². The second-order valence-corrected chi connectivity index (χ2v) is 5.97. The Morgan fingerprint density at radius 1 is 1.17 bits per heavy atom. The van der Waals surface area contributed by atoms with Crippen LogP contribution in [0, 0.1) is 5.92 Å². The molecule has 1 unspecified atom stereocenters. The maximum atomic E-state index is 2.37. The van der Waals surface area contributed by atoms with Crippen molar-refractivity contribution >= 4 is 5.69 Å². The topological polar surface area (TPSA) is 3.24 Å². The molecule has 0 bridgehead atoms. The highest BCUT2D eigenvalue weighted by Gasteiger charge is 2.33. The molecule has 1 aromatic rings. The number of anilines is 1. The number of likely N-dealkylation sites (N-methyl/N-ethyl adjacent to an activating group) is 1. The van der Waals surface area contributed by atoms with E-state index in [0.29, 0.717) is 17.8 Å². The van der Waals surface area contributed by atoms with Crippen LogP contribution in [0.5, 0.6) is 0 Å². The minimum Gasteiger partial charge on any atom is -0.348 e. The summed E-state index contributed by atoms with van der Waals surface area (Å²) in [7, 11) is 2.20. The second-order valence-electron chi connectivity index (χ2n) is 5.97.